The lowest BCUT2D eigenvalue weighted by Gasteiger charge is -2.20. The predicted molar refractivity (Wildman–Crippen MR) is 101 cm³/mol. The minimum Gasteiger partial charge on any atom is -0.342 e. The fraction of sp³-hybridized carbons (Fsp3) is 0.421. The highest BCUT2D eigenvalue weighted by Gasteiger charge is 2.32. The van der Waals surface area contributed by atoms with Crippen molar-refractivity contribution in [3.8, 4) is 0 Å². The fourth-order valence-corrected chi connectivity index (χ4v) is 6.24. The molecule has 0 bridgehead atoms. The molecule has 0 saturated carbocycles. The number of sulfone groups is 1. The van der Waals surface area contributed by atoms with Gasteiger partial charge >= 0.3 is 0 Å². The third kappa shape index (κ3) is 4.70. The highest BCUT2D eigenvalue weighted by atomic mass is 32.2. The molecular formula is C19H23NO3S2. The smallest absolute Gasteiger partial charge is 0.222 e. The molecule has 1 atom stereocenters. The molecule has 1 fully saturated rings. The molecule has 2 aromatic rings. The first-order valence-electron chi connectivity index (χ1n) is 8.63. The van der Waals surface area contributed by atoms with Crippen LogP contribution >= 0.6 is 11.3 Å². The molecule has 1 aliphatic rings. The van der Waals surface area contributed by atoms with E-state index in [2.05, 4.69) is 12.1 Å². The maximum Gasteiger partial charge on any atom is 0.222 e. The van der Waals surface area contributed by atoms with Crippen molar-refractivity contribution in [1.29, 1.82) is 0 Å². The zero-order valence-corrected chi connectivity index (χ0v) is 15.8. The van der Waals surface area contributed by atoms with Gasteiger partial charge in [0.1, 0.15) is 0 Å². The summed E-state index contributed by atoms with van der Waals surface area (Å²) in [5.74, 6) is 0.123. The lowest BCUT2D eigenvalue weighted by Crippen LogP contribution is -2.33. The van der Waals surface area contributed by atoms with Crippen LogP contribution in [0, 0.1) is 0 Å². The van der Waals surface area contributed by atoms with Gasteiger partial charge in [-0.2, -0.15) is 0 Å². The van der Waals surface area contributed by atoms with Gasteiger partial charge in [-0.15, -0.1) is 11.3 Å². The Morgan fingerprint density at radius 1 is 1.12 bits per heavy atom. The Kier molecular flexibility index (Phi) is 5.91. The van der Waals surface area contributed by atoms with Crippen LogP contribution in [0.4, 0.5) is 0 Å². The molecule has 0 aliphatic carbocycles. The molecule has 1 saturated heterocycles. The molecule has 3 rings (SSSR count). The number of amides is 1. The number of nitrogens with zero attached hydrogens (tertiary/aromatic N) is 1. The average Bonchev–Trinajstić information content (AvgIpc) is 3.07. The number of aryl methyl sites for hydroxylation is 1. The number of benzene rings is 1. The van der Waals surface area contributed by atoms with Gasteiger partial charge in [-0.25, -0.2) is 8.42 Å². The van der Waals surface area contributed by atoms with Gasteiger partial charge in [0, 0.05) is 24.4 Å². The lowest BCUT2D eigenvalue weighted by molar-refractivity contribution is -0.131. The fourth-order valence-electron chi connectivity index (χ4n) is 3.23. The predicted octanol–water partition coefficient (Wildman–Crippen LogP) is 3.46. The molecular weight excluding hydrogens is 354 g/mol. The van der Waals surface area contributed by atoms with Crippen molar-refractivity contribution in [3.05, 3.63) is 58.3 Å². The Morgan fingerprint density at radius 2 is 1.92 bits per heavy atom. The molecule has 1 aromatic carbocycles. The van der Waals surface area contributed by atoms with Crippen molar-refractivity contribution in [2.45, 2.75) is 30.9 Å². The normalized spacial score (nSPS) is 20.2. The summed E-state index contributed by atoms with van der Waals surface area (Å²) in [5.41, 5.74) is 1.23. The largest absolute Gasteiger partial charge is 0.342 e. The van der Waals surface area contributed by atoms with Crippen molar-refractivity contribution in [3.63, 3.8) is 0 Å². The molecule has 1 unspecified atom stereocenters. The van der Waals surface area contributed by atoms with Gasteiger partial charge in [0.05, 0.1) is 11.0 Å². The minimum atomic E-state index is -3.20. The number of carbonyl (C=O) groups excluding carboxylic acids is 1. The molecule has 4 nitrogen and oxygen atoms in total. The first kappa shape index (κ1) is 18.1. The second-order valence-corrected chi connectivity index (χ2v) is 9.66. The van der Waals surface area contributed by atoms with E-state index in [4.69, 9.17) is 0 Å². The summed E-state index contributed by atoms with van der Waals surface area (Å²) >= 11 is 1.48. The Bertz CT molecular complexity index is 785. The highest BCUT2D eigenvalue weighted by molar-refractivity contribution is 7.91. The third-order valence-electron chi connectivity index (χ3n) is 4.65. The van der Waals surface area contributed by atoms with Gasteiger partial charge in [-0.3, -0.25) is 4.79 Å². The van der Waals surface area contributed by atoms with E-state index in [1.165, 1.54) is 16.9 Å². The van der Waals surface area contributed by atoms with Crippen LogP contribution in [0.5, 0.6) is 0 Å². The number of hydrogen-bond acceptors (Lipinski definition) is 4. The van der Waals surface area contributed by atoms with Crippen molar-refractivity contribution >= 4 is 27.1 Å². The van der Waals surface area contributed by atoms with E-state index in [0.29, 0.717) is 25.9 Å². The minimum absolute atomic E-state index is 0.0555. The Labute approximate surface area is 153 Å². The summed E-state index contributed by atoms with van der Waals surface area (Å²) in [6.45, 7) is 0.834. The highest BCUT2D eigenvalue weighted by Crippen LogP contribution is 2.32. The summed E-state index contributed by atoms with van der Waals surface area (Å²) in [4.78, 5) is 15.1. The molecule has 0 spiro atoms. The van der Waals surface area contributed by atoms with E-state index in [0.717, 1.165) is 17.7 Å². The van der Waals surface area contributed by atoms with Crippen LogP contribution in [-0.4, -0.2) is 38.1 Å². The molecule has 1 aliphatic heterocycles. The molecule has 0 N–H and O–H groups in total. The summed E-state index contributed by atoms with van der Waals surface area (Å²) in [6, 6.07) is 13.9. The Balaban J connectivity index is 1.56. The molecule has 25 heavy (non-hydrogen) atoms. The van der Waals surface area contributed by atoms with Gasteiger partial charge in [0.15, 0.2) is 9.84 Å². The molecule has 1 aromatic heterocycles. The van der Waals surface area contributed by atoms with Crippen molar-refractivity contribution in [2.24, 2.45) is 0 Å². The van der Waals surface area contributed by atoms with E-state index in [1.807, 2.05) is 35.7 Å². The Morgan fingerprint density at radius 3 is 2.64 bits per heavy atom. The van der Waals surface area contributed by atoms with E-state index in [-0.39, 0.29) is 11.7 Å². The maximum absolute atomic E-state index is 12.5. The van der Waals surface area contributed by atoms with Crippen LogP contribution in [0.2, 0.25) is 0 Å². The average molecular weight is 378 g/mol. The first-order chi connectivity index (χ1) is 12.1. The van der Waals surface area contributed by atoms with Gasteiger partial charge in [-0.05, 0) is 36.3 Å². The third-order valence-corrected chi connectivity index (χ3v) is 7.90. The topological polar surface area (TPSA) is 54.5 Å². The molecule has 1 amide bonds. The van der Waals surface area contributed by atoms with Gasteiger partial charge in [0.2, 0.25) is 5.91 Å². The number of rotatable bonds is 5. The van der Waals surface area contributed by atoms with E-state index < -0.39 is 15.1 Å². The summed E-state index contributed by atoms with van der Waals surface area (Å²) in [7, 11) is -3.20. The molecule has 134 valence electrons. The quantitative estimate of drug-likeness (QED) is 0.802. The van der Waals surface area contributed by atoms with Gasteiger partial charge in [0.25, 0.3) is 0 Å². The summed E-state index contributed by atoms with van der Waals surface area (Å²) < 4.78 is 25.1. The lowest BCUT2D eigenvalue weighted by atomic mass is 10.1. The summed E-state index contributed by atoms with van der Waals surface area (Å²) in [6.07, 6.45) is 2.63. The number of hydrogen-bond donors (Lipinski definition) is 0. The zero-order valence-electron chi connectivity index (χ0n) is 14.1. The standard InChI is InChI=1S/C19H23NO3S2/c21-19(10-4-8-16-6-2-1-3-7-16)20-12-11-18(17-9-5-14-24-17)25(22,23)15-13-20/h1-3,5-7,9,14,18H,4,8,10-13,15H2. The monoisotopic (exact) mass is 377 g/mol. The van der Waals surface area contributed by atoms with E-state index in [9.17, 15) is 13.2 Å². The summed E-state index contributed by atoms with van der Waals surface area (Å²) in [5, 5.41) is 1.44. The van der Waals surface area contributed by atoms with Crippen LogP contribution in [0.15, 0.2) is 47.8 Å². The first-order valence-corrected chi connectivity index (χ1v) is 11.2. The van der Waals surface area contributed by atoms with E-state index >= 15 is 0 Å². The zero-order chi connectivity index (χ0) is 17.7. The van der Waals surface area contributed by atoms with Crippen LogP contribution in [-0.2, 0) is 21.1 Å². The van der Waals surface area contributed by atoms with Crippen LogP contribution in [0.25, 0.3) is 0 Å². The van der Waals surface area contributed by atoms with E-state index in [1.54, 1.807) is 4.90 Å². The van der Waals surface area contributed by atoms with Crippen molar-refractivity contribution in [1.82, 2.24) is 4.90 Å². The Hall–Kier alpha value is -1.66. The van der Waals surface area contributed by atoms with Crippen molar-refractivity contribution < 1.29 is 13.2 Å². The van der Waals surface area contributed by atoms with Crippen molar-refractivity contribution in [2.75, 3.05) is 18.8 Å². The maximum atomic E-state index is 12.5. The second-order valence-electron chi connectivity index (χ2n) is 6.38. The number of carbonyl (C=O) groups is 1. The van der Waals surface area contributed by atoms with Crippen LogP contribution in [0.1, 0.15) is 35.0 Å². The molecule has 6 heteroatoms. The SMILES string of the molecule is O=C(CCCc1ccccc1)N1CCC(c2cccs2)S(=O)(=O)CC1. The number of thiophene rings is 1. The van der Waals surface area contributed by atoms with Crippen LogP contribution in [0.3, 0.4) is 0 Å². The van der Waals surface area contributed by atoms with Gasteiger partial charge in [-0.1, -0.05) is 36.4 Å². The van der Waals surface area contributed by atoms with Gasteiger partial charge < -0.3 is 4.90 Å². The molecule has 2 heterocycles. The molecule has 0 radical (unpaired) electrons. The second kappa shape index (κ2) is 8.15. The van der Waals surface area contributed by atoms with Crippen LogP contribution < -0.4 is 0 Å².